The Morgan fingerprint density at radius 3 is 2.54 bits per heavy atom. The molecule has 1 aromatic carbocycles. The van der Waals surface area contributed by atoms with E-state index in [1.165, 1.54) is 0 Å². The Labute approximate surface area is 78.4 Å². The van der Waals surface area contributed by atoms with Gasteiger partial charge >= 0.3 is 0 Å². The summed E-state index contributed by atoms with van der Waals surface area (Å²) in [5.41, 5.74) is -0.315. The molecular weight excluding hydrogens is 202 g/mol. The second kappa shape index (κ2) is 3.89. The van der Waals surface area contributed by atoms with Gasteiger partial charge in [0, 0.05) is 24.7 Å². The fraction of sp³-hybridized carbons (Fsp3) is 0.250. The number of aromatic hydroxyl groups is 1. The van der Waals surface area contributed by atoms with Gasteiger partial charge < -0.3 is 10.2 Å². The monoisotopic (exact) mass is 208 g/mol. The van der Waals surface area contributed by atoms with Gasteiger partial charge in [-0.15, -0.1) is 0 Å². The van der Waals surface area contributed by atoms with Crippen molar-refractivity contribution in [1.82, 2.24) is 0 Å². The molecule has 0 bridgehead atoms. The molecule has 0 aliphatic heterocycles. The Bertz CT molecular complexity index is 328. The van der Waals surface area contributed by atoms with Crippen LogP contribution in [0.3, 0.4) is 0 Å². The number of aliphatic hydroxyl groups is 1. The Morgan fingerprint density at radius 1 is 1.38 bits per heavy atom. The van der Waals surface area contributed by atoms with E-state index >= 15 is 0 Å². The van der Waals surface area contributed by atoms with Gasteiger partial charge in [0.05, 0.1) is 0 Å². The van der Waals surface area contributed by atoms with Gasteiger partial charge in [-0.1, -0.05) is 11.6 Å². The summed E-state index contributed by atoms with van der Waals surface area (Å²) >= 11 is 5.32. The van der Waals surface area contributed by atoms with Gasteiger partial charge in [-0.25, -0.2) is 8.78 Å². The van der Waals surface area contributed by atoms with Crippen LogP contribution in [0.15, 0.2) is 6.07 Å². The highest BCUT2D eigenvalue weighted by molar-refractivity contribution is 6.32. The first-order chi connectivity index (χ1) is 6.07. The summed E-state index contributed by atoms with van der Waals surface area (Å²) < 4.78 is 26.0. The van der Waals surface area contributed by atoms with E-state index in [0.717, 1.165) is 6.07 Å². The Balaban J connectivity index is 3.26. The molecule has 0 heterocycles. The smallest absolute Gasteiger partial charge is 0.151 e. The Morgan fingerprint density at radius 2 is 2.00 bits per heavy atom. The van der Waals surface area contributed by atoms with Crippen LogP contribution < -0.4 is 0 Å². The molecule has 0 amide bonds. The lowest BCUT2D eigenvalue weighted by atomic mass is 10.1. The summed E-state index contributed by atoms with van der Waals surface area (Å²) in [5, 5.41) is 16.9. The summed E-state index contributed by atoms with van der Waals surface area (Å²) in [5.74, 6) is -2.57. The zero-order valence-electron chi connectivity index (χ0n) is 6.52. The molecular formula is C8H7ClF2O2. The third-order valence-corrected chi connectivity index (χ3v) is 1.96. The number of hydrogen-bond acceptors (Lipinski definition) is 2. The highest BCUT2D eigenvalue weighted by Gasteiger charge is 2.15. The number of halogens is 3. The van der Waals surface area contributed by atoms with Crippen LogP contribution >= 0.6 is 11.6 Å². The van der Waals surface area contributed by atoms with Crippen LogP contribution in [0.5, 0.6) is 5.75 Å². The zero-order chi connectivity index (χ0) is 10.0. The maximum absolute atomic E-state index is 13.1. The number of phenols is 1. The third kappa shape index (κ3) is 1.89. The molecule has 0 aliphatic rings. The fourth-order valence-electron chi connectivity index (χ4n) is 0.961. The molecule has 0 unspecified atom stereocenters. The van der Waals surface area contributed by atoms with Gasteiger partial charge in [-0.05, 0) is 0 Å². The van der Waals surface area contributed by atoms with Crippen molar-refractivity contribution in [3.8, 4) is 5.75 Å². The van der Waals surface area contributed by atoms with Crippen molar-refractivity contribution >= 4 is 11.6 Å². The molecule has 13 heavy (non-hydrogen) atoms. The van der Waals surface area contributed by atoms with Crippen molar-refractivity contribution in [2.75, 3.05) is 6.61 Å². The molecule has 5 heteroatoms. The summed E-state index contributed by atoms with van der Waals surface area (Å²) in [6.07, 6.45) is -0.169. The molecule has 1 aromatic rings. The van der Waals surface area contributed by atoms with Crippen molar-refractivity contribution in [2.45, 2.75) is 6.42 Å². The molecule has 0 aromatic heterocycles. The van der Waals surface area contributed by atoms with Gasteiger partial charge in [0.1, 0.15) is 16.6 Å². The van der Waals surface area contributed by atoms with Crippen LogP contribution in [0.25, 0.3) is 0 Å². The van der Waals surface area contributed by atoms with E-state index in [4.69, 9.17) is 21.8 Å². The number of phenolic OH excluding ortho intramolecular Hbond substituents is 1. The molecule has 0 fully saturated rings. The second-order valence-electron chi connectivity index (χ2n) is 2.46. The lowest BCUT2D eigenvalue weighted by Crippen LogP contribution is -2.00. The molecule has 0 spiro atoms. The molecule has 0 radical (unpaired) electrons. The van der Waals surface area contributed by atoms with Crippen molar-refractivity contribution in [3.05, 3.63) is 28.3 Å². The molecule has 0 atom stereocenters. The second-order valence-corrected chi connectivity index (χ2v) is 2.84. The van der Waals surface area contributed by atoms with Crippen LogP contribution in [-0.2, 0) is 6.42 Å². The number of aliphatic hydroxyl groups excluding tert-OH is 1. The predicted molar refractivity (Wildman–Crippen MR) is 43.8 cm³/mol. The normalized spacial score (nSPS) is 10.5. The van der Waals surface area contributed by atoms with Gasteiger partial charge in [-0.2, -0.15) is 0 Å². The Hall–Kier alpha value is -0.870. The van der Waals surface area contributed by atoms with Crippen LogP contribution in [-0.4, -0.2) is 16.8 Å². The van der Waals surface area contributed by atoms with E-state index in [2.05, 4.69) is 0 Å². The molecule has 2 nitrogen and oxygen atoms in total. The third-order valence-electron chi connectivity index (χ3n) is 1.60. The van der Waals surface area contributed by atoms with E-state index in [9.17, 15) is 8.78 Å². The van der Waals surface area contributed by atoms with Gasteiger partial charge in [0.15, 0.2) is 5.82 Å². The van der Waals surface area contributed by atoms with Crippen LogP contribution in [0, 0.1) is 11.6 Å². The zero-order valence-corrected chi connectivity index (χ0v) is 7.28. The first-order valence-corrected chi connectivity index (χ1v) is 3.92. The van der Waals surface area contributed by atoms with Crippen molar-refractivity contribution in [3.63, 3.8) is 0 Å². The average Bonchev–Trinajstić information content (AvgIpc) is 2.09. The first-order valence-electron chi connectivity index (χ1n) is 3.54. The Kier molecular flexibility index (Phi) is 3.06. The maximum Gasteiger partial charge on any atom is 0.151 e. The summed E-state index contributed by atoms with van der Waals surface area (Å²) in [7, 11) is 0. The van der Waals surface area contributed by atoms with Crippen molar-refractivity contribution in [2.24, 2.45) is 0 Å². The number of hydrogen-bond donors (Lipinski definition) is 2. The van der Waals surface area contributed by atoms with E-state index in [-0.39, 0.29) is 18.6 Å². The minimum absolute atomic E-state index is 0.169. The largest absolute Gasteiger partial charge is 0.506 e. The lowest BCUT2D eigenvalue weighted by molar-refractivity contribution is 0.295. The van der Waals surface area contributed by atoms with E-state index < -0.39 is 22.4 Å². The van der Waals surface area contributed by atoms with Gasteiger partial charge in [0.2, 0.25) is 0 Å². The van der Waals surface area contributed by atoms with E-state index in [1.807, 2.05) is 0 Å². The molecule has 0 saturated heterocycles. The lowest BCUT2D eigenvalue weighted by Gasteiger charge is -2.05. The average molecular weight is 209 g/mol. The van der Waals surface area contributed by atoms with E-state index in [0.29, 0.717) is 0 Å². The number of benzene rings is 1. The minimum Gasteiger partial charge on any atom is -0.506 e. The quantitative estimate of drug-likeness (QED) is 0.729. The fourth-order valence-corrected chi connectivity index (χ4v) is 1.13. The van der Waals surface area contributed by atoms with Gasteiger partial charge in [-0.3, -0.25) is 0 Å². The topological polar surface area (TPSA) is 40.5 Å². The predicted octanol–water partition coefficient (Wildman–Crippen LogP) is 1.86. The molecule has 2 N–H and O–H groups in total. The first kappa shape index (κ1) is 10.2. The minimum atomic E-state index is -1.02. The summed E-state index contributed by atoms with van der Waals surface area (Å²) in [6.45, 7) is -0.380. The van der Waals surface area contributed by atoms with Crippen molar-refractivity contribution in [1.29, 1.82) is 0 Å². The molecule has 1 rings (SSSR count). The summed E-state index contributed by atoms with van der Waals surface area (Å²) in [6, 6.07) is 0.719. The standard InChI is InChI=1S/C8H7ClF2O2/c9-7-6(13)3-5(10)4(1-2-12)8(7)11/h3,12-13H,1-2H2. The highest BCUT2D eigenvalue weighted by Crippen LogP contribution is 2.30. The van der Waals surface area contributed by atoms with E-state index in [1.54, 1.807) is 0 Å². The molecule has 72 valence electrons. The van der Waals surface area contributed by atoms with Crippen molar-refractivity contribution < 1.29 is 19.0 Å². The van der Waals surface area contributed by atoms with Crippen LogP contribution in [0.1, 0.15) is 5.56 Å². The molecule has 0 saturated carbocycles. The maximum atomic E-state index is 13.1. The SMILES string of the molecule is OCCc1c(F)cc(O)c(Cl)c1F. The van der Waals surface area contributed by atoms with Crippen LogP contribution in [0.2, 0.25) is 5.02 Å². The number of rotatable bonds is 2. The van der Waals surface area contributed by atoms with Gasteiger partial charge in [0.25, 0.3) is 0 Å². The highest BCUT2D eigenvalue weighted by atomic mass is 35.5. The summed E-state index contributed by atoms with van der Waals surface area (Å²) in [4.78, 5) is 0. The van der Waals surface area contributed by atoms with Crippen LogP contribution in [0.4, 0.5) is 8.78 Å². The molecule has 0 aliphatic carbocycles.